The summed E-state index contributed by atoms with van der Waals surface area (Å²) in [6.45, 7) is 4.90. The van der Waals surface area contributed by atoms with Gasteiger partial charge in [0.05, 0.1) is 12.1 Å². The van der Waals surface area contributed by atoms with E-state index in [9.17, 15) is 0 Å². The molecule has 92 valence electrons. The monoisotopic (exact) mass is 256 g/mol. The van der Waals surface area contributed by atoms with Crippen LogP contribution in [0.15, 0.2) is 41.9 Å². The first-order valence-corrected chi connectivity index (χ1v) is 6.75. The van der Waals surface area contributed by atoms with Crippen molar-refractivity contribution < 1.29 is 0 Å². The number of hydrogen-bond donors (Lipinski definition) is 1. The summed E-state index contributed by atoms with van der Waals surface area (Å²) in [6.07, 6.45) is 1.83. The van der Waals surface area contributed by atoms with Gasteiger partial charge in [0.25, 0.3) is 0 Å². The van der Waals surface area contributed by atoms with E-state index in [0.29, 0.717) is 6.54 Å². The molecule has 0 unspecified atom stereocenters. The number of rotatable bonds is 3. The van der Waals surface area contributed by atoms with Gasteiger partial charge in [0, 0.05) is 17.1 Å². The summed E-state index contributed by atoms with van der Waals surface area (Å²) in [5.74, 6) is 6.27. The van der Waals surface area contributed by atoms with E-state index in [0.717, 1.165) is 10.6 Å². The average molecular weight is 256 g/mol. The van der Waals surface area contributed by atoms with Gasteiger partial charge in [-0.3, -0.25) is 5.32 Å². The van der Waals surface area contributed by atoms with Crippen molar-refractivity contribution in [3.63, 3.8) is 0 Å². The fourth-order valence-electron chi connectivity index (χ4n) is 1.54. The van der Waals surface area contributed by atoms with Crippen molar-refractivity contribution >= 4 is 11.3 Å². The average Bonchev–Trinajstić information content (AvgIpc) is 2.91. The number of aromatic nitrogens is 1. The molecule has 0 atom stereocenters. The van der Waals surface area contributed by atoms with Gasteiger partial charge < -0.3 is 0 Å². The Morgan fingerprint density at radius 3 is 2.72 bits per heavy atom. The first-order valence-electron chi connectivity index (χ1n) is 5.87. The van der Waals surface area contributed by atoms with E-state index in [2.05, 4.69) is 36.0 Å². The summed E-state index contributed by atoms with van der Waals surface area (Å²) in [5.41, 5.74) is 0.922. The predicted octanol–water partition coefficient (Wildman–Crippen LogP) is 3.02. The number of nitrogens with one attached hydrogen (secondary N) is 1. The van der Waals surface area contributed by atoms with Gasteiger partial charge in [-0.05, 0) is 26.0 Å². The van der Waals surface area contributed by atoms with Crippen molar-refractivity contribution in [2.75, 3.05) is 6.54 Å². The molecule has 3 heteroatoms. The van der Waals surface area contributed by atoms with Crippen LogP contribution in [-0.2, 0) is 5.54 Å². The third kappa shape index (κ3) is 3.43. The zero-order valence-corrected chi connectivity index (χ0v) is 11.4. The molecule has 0 fully saturated rings. The zero-order valence-electron chi connectivity index (χ0n) is 10.6. The summed E-state index contributed by atoms with van der Waals surface area (Å²) in [4.78, 5) is 4.33. The van der Waals surface area contributed by atoms with Gasteiger partial charge >= 0.3 is 0 Å². The highest BCUT2D eigenvalue weighted by atomic mass is 32.1. The molecule has 0 saturated heterocycles. The summed E-state index contributed by atoms with van der Waals surface area (Å²) in [7, 11) is 0. The SMILES string of the molecule is CC(C)(NCC#Cc1ccccc1)c1nccs1. The molecular weight excluding hydrogens is 240 g/mol. The molecule has 2 aromatic rings. The second-order valence-corrected chi connectivity index (χ2v) is 5.38. The van der Waals surface area contributed by atoms with E-state index < -0.39 is 0 Å². The molecule has 1 aromatic heterocycles. The molecule has 0 spiro atoms. The molecule has 0 aliphatic carbocycles. The van der Waals surface area contributed by atoms with Gasteiger partial charge in [-0.2, -0.15) is 0 Å². The second-order valence-electron chi connectivity index (χ2n) is 4.48. The third-order valence-electron chi connectivity index (χ3n) is 2.59. The van der Waals surface area contributed by atoms with E-state index in [1.807, 2.05) is 41.9 Å². The topological polar surface area (TPSA) is 24.9 Å². The molecule has 1 N–H and O–H groups in total. The Morgan fingerprint density at radius 2 is 2.06 bits per heavy atom. The maximum absolute atomic E-state index is 4.33. The van der Waals surface area contributed by atoms with Gasteiger partial charge in [-0.15, -0.1) is 11.3 Å². The highest BCUT2D eigenvalue weighted by Gasteiger charge is 2.21. The molecule has 1 aromatic carbocycles. The lowest BCUT2D eigenvalue weighted by Gasteiger charge is -2.22. The quantitative estimate of drug-likeness (QED) is 0.854. The predicted molar refractivity (Wildman–Crippen MR) is 76.5 cm³/mol. The Labute approximate surface area is 112 Å². The van der Waals surface area contributed by atoms with Crippen LogP contribution in [0.2, 0.25) is 0 Å². The number of thiazole rings is 1. The number of nitrogens with zero attached hydrogens (tertiary/aromatic N) is 1. The van der Waals surface area contributed by atoms with Crippen molar-refractivity contribution in [2.24, 2.45) is 0 Å². The summed E-state index contributed by atoms with van der Waals surface area (Å²) < 4.78 is 0. The van der Waals surface area contributed by atoms with Crippen LogP contribution in [0.5, 0.6) is 0 Å². The molecule has 0 bridgehead atoms. The van der Waals surface area contributed by atoms with Gasteiger partial charge in [-0.1, -0.05) is 30.0 Å². The van der Waals surface area contributed by atoms with E-state index in [1.165, 1.54) is 0 Å². The van der Waals surface area contributed by atoms with Gasteiger partial charge in [-0.25, -0.2) is 4.98 Å². The van der Waals surface area contributed by atoms with Crippen molar-refractivity contribution in [1.29, 1.82) is 0 Å². The van der Waals surface area contributed by atoms with E-state index >= 15 is 0 Å². The van der Waals surface area contributed by atoms with Gasteiger partial charge in [0.1, 0.15) is 5.01 Å². The van der Waals surface area contributed by atoms with Crippen LogP contribution in [-0.4, -0.2) is 11.5 Å². The Bertz CT molecular complexity index is 533. The van der Waals surface area contributed by atoms with Crippen molar-refractivity contribution in [3.8, 4) is 11.8 Å². The van der Waals surface area contributed by atoms with E-state index in [-0.39, 0.29) is 5.54 Å². The van der Waals surface area contributed by atoms with Crippen LogP contribution in [0.25, 0.3) is 0 Å². The highest BCUT2D eigenvalue weighted by molar-refractivity contribution is 7.09. The summed E-state index contributed by atoms with van der Waals surface area (Å²) in [6, 6.07) is 10.0. The zero-order chi connectivity index (χ0) is 12.8. The lowest BCUT2D eigenvalue weighted by atomic mass is 10.1. The Morgan fingerprint density at radius 1 is 1.28 bits per heavy atom. The van der Waals surface area contributed by atoms with Gasteiger partial charge in [0.2, 0.25) is 0 Å². The van der Waals surface area contributed by atoms with Crippen LogP contribution in [0.1, 0.15) is 24.4 Å². The molecular formula is C15H16N2S. The van der Waals surface area contributed by atoms with Crippen molar-refractivity contribution in [3.05, 3.63) is 52.5 Å². The molecule has 0 radical (unpaired) electrons. The molecule has 0 saturated carbocycles. The van der Waals surface area contributed by atoms with Crippen molar-refractivity contribution in [2.45, 2.75) is 19.4 Å². The summed E-state index contributed by atoms with van der Waals surface area (Å²) >= 11 is 1.66. The largest absolute Gasteiger partial charge is 0.295 e. The normalized spacial score (nSPS) is 10.8. The van der Waals surface area contributed by atoms with Gasteiger partial charge in [0.15, 0.2) is 0 Å². The molecule has 0 amide bonds. The molecule has 2 nitrogen and oxygen atoms in total. The highest BCUT2D eigenvalue weighted by Crippen LogP contribution is 2.21. The van der Waals surface area contributed by atoms with E-state index in [1.54, 1.807) is 11.3 Å². The van der Waals surface area contributed by atoms with Crippen LogP contribution in [0.4, 0.5) is 0 Å². The fraction of sp³-hybridized carbons (Fsp3) is 0.267. The van der Waals surface area contributed by atoms with Crippen LogP contribution in [0, 0.1) is 11.8 Å². The minimum atomic E-state index is -0.125. The molecule has 18 heavy (non-hydrogen) atoms. The Balaban J connectivity index is 1.92. The second kappa shape index (κ2) is 5.81. The lowest BCUT2D eigenvalue weighted by Crippen LogP contribution is -2.36. The van der Waals surface area contributed by atoms with Crippen molar-refractivity contribution in [1.82, 2.24) is 10.3 Å². The van der Waals surface area contributed by atoms with E-state index in [4.69, 9.17) is 0 Å². The minimum absolute atomic E-state index is 0.125. The molecule has 2 rings (SSSR count). The third-order valence-corrected chi connectivity index (χ3v) is 3.69. The standard InChI is InChI=1S/C15H16N2S/c1-15(2,14-16-11-12-18-14)17-10-6-9-13-7-4-3-5-8-13/h3-5,7-8,11-12,17H,10H2,1-2H3. The maximum Gasteiger partial charge on any atom is 0.112 e. The van der Waals surface area contributed by atoms with Crippen LogP contribution in [0.3, 0.4) is 0 Å². The number of hydrogen-bond acceptors (Lipinski definition) is 3. The Hall–Kier alpha value is -1.63. The number of benzene rings is 1. The first-order chi connectivity index (χ1) is 8.68. The van der Waals surface area contributed by atoms with Crippen LogP contribution < -0.4 is 5.32 Å². The maximum atomic E-state index is 4.33. The minimum Gasteiger partial charge on any atom is -0.295 e. The van der Waals surface area contributed by atoms with Crippen LogP contribution >= 0.6 is 11.3 Å². The first kappa shape index (κ1) is 12.8. The molecule has 1 heterocycles. The lowest BCUT2D eigenvalue weighted by molar-refractivity contribution is 0.426. The molecule has 0 aliphatic rings. The Kier molecular flexibility index (Phi) is 4.14. The summed E-state index contributed by atoms with van der Waals surface area (Å²) in [5, 5.41) is 6.49. The fourth-order valence-corrected chi connectivity index (χ4v) is 2.28. The molecule has 0 aliphatic heterocycles. The smallest absolute Gasteiger partial charge is 0.112 e.